The molecule has 1 aliphatic heterocycles. The van der Waals surface area contributed by atoms with Crippen molar-refractivity contribution in [3.63, 3.8) is 0 Å². The topological polar surface area (TPSA) is 38.5 Å². The minimum absolute atomic E-state index is 0.00694. The summed E-state index contributed by atoms with van der Waals surface area (Å²) in [5.74, 6) is 1.19. The van der Waals surface area contributed by atoms with Gasteiger partial charge >= 0.3 is 0 Å². The highest BCUT2D eigenvalue weighted by Crippen LogP contribution is 2.32. The third kappa shape index (κ3) is 3.34. The van der Waals surface area contributed by atoms with E-state index in [1.165, 1.54) is 5.75 Å². The van der Waals surface area contributed by atoms with Gasteiger partial charge in [-0.1, -0.05) is 0 Å². The Morgan fingerprint density at radius 3 is 2.67 bits per heavy atom. The van der Waals surface area contributed by atoms with Crippen LogP contribution in [0.1, 0.15) is 20.8 Å². The Bertz CT molecular complexity index is 211. The maximum Gasteiger partial charge on any atom is 0.0656 e. The second kappa shape index (κ2) is 5.04. The van der Waals surface area contributed by atoms with Crippen molar-refractivity contribution in [1.29, 1.82) is 0 Å². The zero-order valence-corrected chi connectivity index (χ0v) is 11.2. The predicted octanol–water partition coefficient (Wildman–Crippen LogP) is 1.18. The molecular weight excluding hydrogens is 208 g/mol. The summed E-state index contributed by atoms with van der Waals surface area (Å²) in [6, 6.07) is 0. The Hall–Kier alpha value is 0.230. The molecule has 1 saturated heterocycles. The summed E-state index contributed by atoms with van der Waals surface area (Å²) in [6.07, 6.45) is 0. The first kappa shape index (κ1) is 13.3. The maximum atomic E-state index is 5.88. The van der Waals surface area contributed by atoms with Crippen LogP contribution in [0.3, 0.4) is 0 Å². The quantitative estimate of drug-likeness (QED) is 0.790. The molecule has 3 nitrogen and oxygen atoms in total. The SMILES string of the molecule is COCC(C)(CN)N1CCSC(C)(C)C1. The van der Waals surface area contributed by atoms with Crippen molar-refractivity contribution in [1.82, 2.24) is 4.90 Å². The minimum Gasteiger partial charge on any atom is -0.383 e. The third-order valence-corrected chi connectivity index (χ3v) is 4.38. The zero-order chi connectivity index (χ0) is 11.5. The van der Waals surface area contributed by atoms with Crippen LogP contribution in [0.15, 0.2) is 0 Å². The second-order valence-corrected chi connectivity index (χ2v) is 6.97. The highest BCUT2D eigenvalue weighted by atomic mass is 32.2. The Labute approximate surface area is 97.7 Å². The lowest BCUT2D eigenvalue weighted by atomic mass is 9.99. The summed E-state index contributed by atoms with van der Waals surface area (Å²) in [4.78, 5) is 2.48. The zero-order valence-electron chi connectivity index (χ0n) is 10.4. The molecule has 0 spiro atoms. The van der Waals surface area contributed by atoms with Gasteiger partial charge in [0.25, 0.3) is 0 Å². The lowest BCUT2D eigenvalue weighted by Crippen LogP contribution is -2.60. The summed E-state index contributed by atoms with van der Waals surface area (Å²) in [7, 11) is 1.75. The molecule has 1 fully saturated rings. The van der Waals surface area contributed by atoms with E-state index in [1.54, 1.807) is 7.11 Å². The monoisotopic (exact) mass is 232 g/mol. The van der Waals surface area contributed by atoms with Crippen LogP contribution in [0.25, 0.3) is 0 Å². The number of nitrogens with zero attached hydrogens (tertiary/aromatic N) is 1. The molecule has 0 bridgehead atoms. The number of methoxy groups -OCH3 is 1. The Kier molecular flexibility index (Phi) is 4.47. The lowest BCUT2D eigenvalue weighted by Gasteiger charge is -2.47. The van der Waals surface area contributed by atoms with Crippen molar-refractivity contribution in [3.05, 3.63) is 0 Å². The molecule has 1 aliphatic rings. The summed E-state index contributed by atoms with van der Waals surface area (Å²) >= 11 is 2.05. The number of rotatable bonds is 4. The molecule has 90 valence electrons. The number of thioether (sulfide) groups is 1. The summed E-state index contributed by atoms with van der Waals surface area (Å²) < 4.78 is 5.63. The molecule has 0 aromatic carbocycles. The summed E-state index contributed by atoms with van der Waals surface area (Å²) in [6.45, 7) is 10.4. The first-order valence-electron chi connectivity index (χ1n) is 5.51. The van der Waals surface area contributed by atoms with E-state index in [-0.39, 0.29) is 5.54 Å². The average molecular weight is 232 g/mol. The number of nitrogens with two attached hydrogens (primary N) is 1. The number of ether oxygens (including phenoxy) is 1. The standard InChI is InChI=1S/C11H24N2OS/c1-10(2)8-13(5-6-15-10)11(3,7-12)9-14-4/h5-9,12H2,1-4H3. The molecule has 0 aliphatic carbocycles. The van der Waals surface area contributed by atoms with Crippen LogP contribution in [-0.4, -0.2) is 54.3 Å². The van der Waals surface area contributed by atoms with Gasteiger partial charge < -0.3 is 10.5 Å². The fraction of sp³-hybridized carbons (Fsp3) is 1.00. The van der Waals surface area contributed by atoms with Crippen molar-refractivity contribution < 1.29 is 4.74 Å². The fourth-order valence-electron chi connectivity index (χ4n) is 2.07. The average Bonchev–Trinajstić information content (AvgIpc) is 2.16. The maximum absolute atomic E-state index is 5.88. The Morgan fingerprint density at radius 1 is 1.53 bits per heavy atom. The van der Waals surface area contributed by atoms with Gasteiger partial charge in [0, 0.05) is 37.2 Å². The first-order chi connectivity index (χ1) is 6.93. The molecule has 1 unspecified atom stereocenters. The van der Waals surface area contributed by atoms with Gasteiger partial charge in [-0.05, 0) is 20.8 Å². The van der Waals surface area contributed by atoms with E-state index in [1.807, 2.05) is 11.8 Å². The van der Waals surface area contributed by atoms with Crippen LogP contribution >= 0.6 is 11.8 Å². The Morgan fingerprint density at radius 2 is 2.20 bits per heavy atom. The third-order valence-electron chi connectivity index (χ3n) is 3.08. The molecule has 1 rings (SSSR count). The van der Waals surface area contributed by atoms with Crippen LogP contribution in [0.5, 0.6) is 0 Å². The van der Waals surface area contributed by atoms with E-state index < -0.39 is 0 Å². The van der Waals surface area contributed by atoms with E-state index in [4.69, 9.17) is 10.5 Å². The predicted molar refractivity (Wildman–Crippen MR) is 67.4 cm³/mol. The van der Waals surface area contributed by atoms with Gasteiger partial charge in [0.15, 0.2) is 0 Å². The van der Waals surface area contributed by atoms with Gasteiger partial charge in [-0.25, -0.2) is 0 Å². The molecule has 0 saturated carbocycles. The van der Waals surface area contributed by atoms with Gasteiger partial charge in [-0.15, -0.1) is 0 Å². The molecule has 2 N–H and O–H groups in total. The van der Waals surface area contributed by atoms with Gasteiger partial charge in [0.1, 0.15) is 0 Å². The summed E-state index contributed by atoms with van der Waals surface area (Å²) in [5, 5.41) is 0. The van der Waals surface area contributed by atoms with E-state index in [9.17, 15) is 0 Å². The molecule has 4 heteroatoms. The minimum atomic E-state index is -0.00694. The van der Waals surface area contributed by atoms with Crippen molar-refractivity contribution in [2.75, 3.05) is 39.1 Å². The largest absolute Gasteiger partial charge is 0.383 e. The molecule has 1 heterocycles. The molecule has 1 atom stereocenters. The van der Waals surface area contributed by atoms with Gasteiger partial charge in [-0.3, -0.25) is 4.90 Å². The van der Waals surface area contributed by atoms with E-state index in [0.29, 0.717) is 17.9 Å². The fourth-order valence-corrected chi connectivity index (χ4v) is 3.18. The molecule has 0 radical (unpaired) electrons. The van der Waals surface area contributed by atoms with Crippen molar-refractivity contribution in [2.45, 2.75) is 31.1 Å². The lowest BCUT2D eigenvalue weighted by molar-refractivity contribution is 0.0243. The number of hydrogen-bond acceptors (Lipinski definition) is 4. The van der Waals surface area contributed by atoms with Crippen LogP contribution in [0.2, 0.25) is 0 Å². The smallest absolute Gasteiger partial charge is 0.0656 e. The Balaban J connectivity index is 2.67. The normalized spacial score (nSPS) is 26.2. The molecule has 15 heavy (non-hydrogen) atoms. The molecular formula is C11H24N2OS. The highest BCUT2D eigenvalue weighted by molar-refractivity contribution is 8.00. The van der Waals surface area contributed by atoms with Crippen molar-refractivity contribution >= 4 is 11.8 Å². The summed E-state index contributed by atoms with van der Waals surface area (Å²) in [5.41, 5.74) is 5.88. The van der Waals surface area contributed by atoms with Crippen molar-refractivity contribution in [3.8, 4) is 0 Å². The van der Waals surface area contributed by atoms with E-state index in [0.717, 1.165) is 13.1 Å². The molecule has 0 aromatic rings. The molecule has 0 aromatic heterocycles. The van der Waals surface area contributed by atoms with Crippen LogP contribution in [0, 0.1) is 0 Å². The van der Waals surface area contributed by atoms with Gasteiger partial charge in [0.2, 0.25) is 0 Å². The van der Waals surface area contributed by atoms with Gasteiger partial charge in [-0.2, -0.15) is 11.8 Å². The highest BCUT2D eigenvalue weighted by Gasteiger charge is 2.37. The van der Waals surface area contributed by atoms with Crippen LogP contribution in [0.4, 0.5) is 0 Å². The van der Waals surface area contributed by atoms with Crippen LogP contribution in [-0.2, 0) is 4.74 Å². The number of hydrogen-bond donors (Lipinski definition) is 1. The van der Waals surface area contributed by atoms with Crippen molar-refractivity contribution in [2.24, 2.45) is 5.73 Å². The van der Waals surface area contributed by atoms with E-state index in [2.05, 4.69) is 25.7 Å². The van der Waals surface area contributed by atoms with E-state index >= 15 is 0 Å². The van der Waals surface area contributed by atoms with Gasteiger partial charge in [0.05, 0.1) is 12.1 Å². The molecule has 0 amide bonds. The van der Waals surface area contributed by atoms with Crippen LogP contribution < -0.4 is 5.73 Å². The first-order valence-corrected chi connectivity index (χ1v) is 6.50. The second-order valence-electron chi connectivity index (χ2n) is 5.16.